The van der Waals surface area contributed by atoms with E-state index in [9.17, 15) is 57.5 Å². The van der Waals surface area contributed by atoms with Crippen LogP contribution in [0.1, 0.15) is 22.8 Å². The van der Waals surface area contributed by atoms with Gasteiger partial charge in [0.1, 0.15) is 52.7 Å². The van der Waals surface area contributed by atoms with E-state index in [0.29, 0.717) is 12.2 Å². The lowest BCUT2D eigenvalue weighted by Gasteiger charge is -2.44. The van der Waals surface area contributed by atoms with E-state index in [-0.39, 0.29) is 5.97 Å². The predicted molar refractivity (Wildman–Crippen MR) is 177 cm³/mol. The summed E-state index contributed by atoms with van der Waals surface area (Å²) < 4.78 is 301. The summed E-state index contributed by atoms with van der Waals surface area (Å²) in [6.07, 6.45) is -3.44. The molecule has 0 atom stereocenters. The van der Waals surface area contributed by atoms with Gasteiger partial charge < -0.3 is 4.74 Å². The zero-order chi connectivity index (χ0) is 47.2. The largest absolute Gasteiger partial charge is 0.462 e. The monoisotopic (exact) mass is 921 g/mol. The molecular weight excluding hydrogens is 905 g/mol. The lowest BCUT2D eigenvalue weighted by Crippen LogP contribution is -2.81. The smallest absolute Gasteiger partial charge is 0.338 e. The van der Waals surface area contributed by atoms with E-state index >= 15 is 35.1 Å². The number of hydrogen-bond acceptors (Lipinski definition) is 2. The quantitative estimate of drug-likeness (QED) is 0.0387. The maximum absolute atomic E-state index is 15.4. The van der Waals surface area contributed by atoms with Crippen LogP contribution in [0.25, 0.3) is 0 Å². The molecule has 0 aliphatic heterocycles. The van der Waals surface area contributed by atoms with Gasteiger partial charge in [-0.2, -0.15) is 0 Å². The number of pyridine rings is 1. The number of ether oxygens (including phenoxy) is 1. The van der Waals surface area contributed by atoms with Crippen molar-refractivity contribution in [1.29, 1.82) is 0 Å². The van der Waals surface area contributed by atoms with Gasteiger partial charge in [0.25, 0.3) is 0 Å². The van der Waals surface area contributed by atoms with Crippen molar-refractivity contribution < 1.29 is 102 Å². The summed E-state index contributed by atoms with van der Waals surface area (Å²) in [6.45, 7) is 3.00. The van der Waals surface area contributed by atoms with Gasteiger partial charge in [0, 0.05) is 17.7 Å². The lowest BCUT2D eigenvalue weighted by atomic mass is 9.12. The lowest BCUT2D eigenvalue weighted by molar-refractivity contribution is -0.688. The van der Waals surface area contributed by atoms with Crippen LogP contribution in [-0.4, -0.2) is 18.7 Å². The molecule has 0 amide bonds. The van der Waals surface area contributed by atoms with Gasteiger partial charge in [0.15, 0.2) is 88.7 Å². The number of nitrogens with zero attached hydrogens (tertiary/aromatic N) is 1. The Kier molecular flexibility index (Phi) is 13.6. The van der Waals surface area contributed by atoms with E-state index in [1.807, 2.05) is 35.2 Å². The molecule has 1 heterocycles. The average Bonchev–Trinajstić information content (AvgIpc) is 3.27. The highest BCUT2D eigenvalue weighted by Crippen LogP contribution is 2.30. The second-order valence-electron chi connectivity index (χ2n) is 12.8. The molecule has 0 N–H and O–H groups in total. The van der Waals surface area contributed by atoms with Crippen molar-refractivity contribution in [1.82, 2.24) is 0 Å². The van der Waals surface area contributed by atoms with Crippen LogP contribution in [-0.2, 0) is 11.3 Å². The number of benzene rings is 5. The second kappa shape index (κ2) is 18.0. The van der Waals surface area contributed by atoms with Gasteiger partial charge in [-0.3, -0.25) is 0 Å². The van der Waals surface area contributed by atoms with Crippen LogP contribution >= 0.6 is 0 Å². The highest BCUT2D eigenvalue weighted by Gasteiger charge is 2.52. The number of carbonyl (C=O) groups excluding carboxylic acids is 1. The van der Waals surface area contributed by atoms with Crippen molar-refractivity contribution in [2.75, 3.05) is 6.61 Å². The molecule has 63 heavy (non-hydrogen) atoms. The second-order valence-corrected chi connectivity index (χ2v) is 12.8. The third-order valence-electron chi connectivity index (χ3n) is 9.32. The van der Waals surface area contributed by atoms with Crippen molar-refractivity contribution in [3.05, 3.63) is 182 Å². The predicted octanol–water partition coefficient (Wildman–Crippen LogP) is 8.05. The number of aromatic nitrogens is 1. The van der Waals surface area contributed by atoms with Crippen LogP contribution in [0, 0.1) is 116 Å². The molecule has 0 saturated carbocycles. The van der Waals surface area contributed by atoms with Gasteiger partial charge in [-0.25, -0.2) is 97.2 Å². The zero-order valence-electron chi connectivity index (χ0n) is 30.5. The van der Waals surface area contributed by atoms with Crippen LogP contribution in [0.5, 0.6) is 0 Å². The van der Waals surface area contributed by atoms with Crippen molar-refractivity contribution in [2.24, 2.45) is 0 Å². The SMILES string of the molecule is CCOC(=O)c1cc[n+](Cc2ccccc2)cc1.Fc1c(F)c(F)c([B-](c2c(F)c(F)c(F)c(F)c2F)(c2c(F)c(F)c(F)c(F)c2F)c2c(F)c(F)c(F)c(F)c2F)c(F)c1F. The van der Waals surface area contributed by atoms with E-state index in [4.69, 9.17) is 4.74 Å². The first kappa shape index (κ1) is 47.4. The third-order valence-corrected chi connectivity index (χ3v) is 9.32. The van der Waals surface area contributed by atoms with E-state index in [1.165, 1.54) is 5.56 Å². The van der Waals surface area contributed by atoms with Gasteiger partial charge in [0.2, 0.25) is 0 Å². The fraction of sp³-hybridized carbons (Fsp3) is 0.0769. The summed E-state index contributed by atoms with van der Waals surface area (Å²) in [6, 6.07) is 13.7. The van der Waals surface area contributed by atoms with E-state index < -0.39 is 144 Å². The molecule has 6 aromatic rings. The first-order valence-corrected chi connectivity index (χ1v) is 16.9. The summed E-state index contributed by atoms with van der Waals surface area (Å²) in [5, 5.41) is 0. The van der Waals surface area contributed by atoms with Gasteiger partial charge >= 0.3 is 5.97 Å². The molecule has 0 spiro atoms. The molecule has 0 bridgehead atoms. The van der Waals surface area contributed by atoms with Crippen molar-refractivity contribution in [2.45, 2.75) is 13.5 Å². The Morgan fingerprint density at radius 1 is 0.413 bits per heavy atom. The maximum atomic E-state index is 15.4. The first-order valence-electron chi connectivity index (χ1n) is 16.9. The van der Waals surface area contributed by atoms with Crippen molar-refractivity contribution in [3.8, 4) is 0 Å². The molecule has 0 radical (unpaired) electrons. The molecule has 1 aromatic heterocycles. The summed E-state index contributed by atoms with van der Waals surface area (Å²) in [7, 11) is 0. The average molecular weight is 921 g/mol. The van der Waals surface area contributed by atoms with E-state index in [2.05, 4.69) is 12.1 Å². The molecule has 5 aromatic carbocycles. The molecular formula is C39H16BF20NO2. The minimum Gasteiger partial charge on any atom is -0.462 e. The van der Waals surface area contributed by atoms with Gasteiger partial charge in [-0.15, -0.1) is 21.9 Å². The van der Waals surface area contributed by atoms with Crippen LogP contribution < -0.4 is 26.4 Å². The Labute approximate surface area is 338 Å². The molecule has 6 rings (SSSR count). The minimum atomic E-state index is -7.22. The van der Waals surface area contributed by atoms with Crippen LogP contribution in [0.15, 0.2) is 54.9 Å². The fourth-order valence-electron chi connectivity index (χ4n) is 6.58. The standard InChI is InChI=1S/C24BF20.C15H16NO2/c26-5-1(6(27)14(35)21(42)13(5)34)25(2-7(28)15(36)22(43)16(37)8(2)29,3-9(30)17(38)23(44)18(39)10(3)31)4-11(32)19(40)24(45)20(41)12(4)33;1-2-18-15(17)14-8-10-16(11-9-14)12-13-6-4-3-5-7-13/h;3-11H,2,12H2,1H3/q-1;+1. The number of rotatable bonds is 8. The number of halogens is 20. The van der Waals surface area contributed by atoms with Crippen molar-refractivity contribution >= 4 is 34.0 Å². The van der Waals surface area contributed by atoms with Gasteiger partial charge in [-0.1, -0.05) is 30.3 Å². The van der Waals surface area contributed by atoms with Crippen molar-refractivity contribution in [3.63, 3.8) is 0 Å². The Hall–Kier alpha value is -6.62. The minimum absolute atomic E-state index is 0.274. The summed E-state index contributed by atoms with van der Waals surface area (Å²) >= 11 is 0. The zero-order valence-corrected chi connectivity index (χ0v) is 30.5. The van der Waals surface area contributed by atoms with Gasteiger partial charge in [-0.05, 0) is 6.92 Å². The normalized spacial score (nSPS) is 11.4. The highest BCUT2D eigenvalue weighted by atomic mass is 19.2. The molecule has 0 aliphatic rings. The van der Waals surface area contributed by atoms with E-state index in [1.54, 1.807) is 19.1 Å². The Balaban J connectivity index is 0.000000345. The van der Waals surface area contributed by atoms with Crippen LogP contribution in [0.2, 0.25) is 0 Å². The molecule has 3 nitrogen and oxygen atoms in total. The number of esters is 1. The van der Waals surface area contributed by atoms with E-state index in [0.717, 1.165) is 6.54 Å². The number of carbonyl (C=O) groups is 1. The summed E-state index contributed by atoms with van der Waals surface area (Å²) in [5.74, 6) is -71.7. The molecule has 332 valence electrons. The summed E-state index contributed by atoms with van der Waals surface area (Å²) in [4.78, 5) is 11.5. The number of hydrogen-bond donors (Lipinski definition) is 0. The fourth-order valence-corrected chi connectivity index (χ4v) is 6.58. The van der Waals surface area contributed by atoms with Crippen LogP contribution in [0.4, 0.5) is 87.8 Å². The first-order chi connectivity index (χ1) is 29.5. The molecule has 0 unspecified atom stereocenters. The third kappa shape index (κ3) is 7.79. The van der Waals surface area contributed by atoms with Crippen LogP contribution in [0.3, 0.4) is 0 Å². The molecule has 24 heteroatoms. The highest BCUT2D eigenvalue weighted by molar-refractivity contribution is 7.20. The summed E-state index contributed by atoms with van der Waals surface area (Å²) in [5.41, 5.74) is -12.5. The Morgan fingerprint density at radius 2 is 0.667 bits per heavy atom. The molecule has 0 saturated heterocycles. The molecule has 0 fully saturated rings. The Morgan fingerprint density at radius 3 is 0.921 bits per heavy atom. The maximum Gasteiger partial charge on any atom is 0.338 e. The Bertz CT molecular complexity index is 2410. The molecule has 0 aliphatic carbocycles. The topological polar surface area (TPSA) is 30.2 Å². The van der Waals surface area contributed by atoms with Gasteiger partial charge in [0.05, 0.1) is 12.2 Å².